The zero-order chi connectivity index (χ0) is 52.4. The zero-order valence-corrected chi connectivity index (χ0v) is 43.0. The predicted molar refractivity (Wildman–Crippen MR) is 274 cm³/mol. The second kappa shape index (κ2) is 21.8. The lowest BCUT2D eigenvalue weighted by atomic mass is 9.94. The van der Waals surface area contributed by atoms with Gasteiger partial charge in [0.2, 0.25) is 6.29 Å². The Balaban J connectivity index is 1.05. The molecular weight excluding hydrogens is 979 g/mol. The van der Waals surface area contributed by atoms with Crippen molar-refractivity contribution in [3.63, 3.8) is 0 Å². The maximum Gasteiger partial charge on any atom is 0.338 e. The predicted octanol–water partition coefficient (Wildman–Crippen LogP) is 6.22. The summed E-state index contributed by atoms with van der Waals surface area (Å²) in [6.07, 6.45) is -14.1. The first-order valence-electron chi connectivity index (χ1n) is 24.8. The molecule has 4 aliphatic rings. The van der Waals surface area contributed by atoms with Crippen molar-refractivity contribution in [2.75, 3.05) is 27.4 Å². The van der Waals surface area contributed by atoms with E-state index in [0.29, 0.717) is 17.1 Å². The highest BCUT2D eigenvalue weighted by molar-refractivity contribution is 6.99. The lowest BCUT2D eigenvalue weighted by Gasteiger charge is -2.51. The number of fused-ring (bicyclic) bond motifs is 2. The number of carbonyl (C=O) groups is 3. The minimum atomic E-state index is -3.36. The van der Waals surface area contributed by atoms with E-state index < -0.39 is 98.8 Å². The third-order valence-corrected chi connectivity index (χ3v) is 19.2. The van der Waals surface area contributed by atoms with Crippen LogP contribution < -0.4 is 24.6 Å². The molecule has 17 heteroatoms. The summed E-state index contributed by atoms with van der Waals surface area (Å²) in [4.78, 5) is 43.8. The van der Waals surface area contributed by atoms with Gasteiger partial charge in [0.1, 0.15) is 59.9 Å². The van der Waals surface area contributed by atoms with Crippen LogP contribution in [0, 0.1) is 0 Å². The van der Waals surface area contributed by atoms with Crippen molar-refractivity contribution >= 4 is 36.5 Å². The molecule has 11 atom stereocenters. The smallest absolute Gasteiger partial charge is 0.338 e. The molecule has 0 aliphatic carbocycles. The van der Waals surface area contributed by atoms with Gasteiger partial charge >= 0.3 is 5.97 Å². The van der Waals surface area contributed by atoms with Gasteiger partial charge in [-0.1, -0.05) is 124 Å². The van der Waals surface area contributed by atoms with Crippen molar-refractivity contribution in [3.8, 4) is 17.2 Å². The van der Waals surface area contributed by atoms with Crippen LogP contribution in [0.15, 0.2) is 164 Å². The lowest BCUT2D eigenvalue weighted by molar-refractivity contribution is -0.379. The number of ether oxygens (including phenoxy) is 9. The maximum atomic E-state index is 14.5. The summed E-state index contributed by atoms with van der Waals surface area (Å²) >= 11 is 0. The fourth-order valence-corrected chi connectivity index (χ4v) is 15.0. The molecule has 3 fully saturated rings. The van der Waals surface area contributed by atoms with Crippen molar-refractivity contribution in [2.24, 2.45) is 0 Å². The summed E-state index contributed by atoms with van der Waals surface area (Å²) in [5, 5.41) is 27.1. The fraction of sp³-hybridized carbons (Fsp3) is 0.328. The van der Waals surface area contributed by atoms with Gasteiger partial charge in [-0.05, 0) is 76.1 Å². The molecule has 0 spiro atoms. The van der Waals surface area contributed by atoms with E-state index >= 15 is 0 Å². The van der Waals surface area contributed by atoms with Crippen LogP contribution in [-0.2, 0) is 32.8 Å². The van der Waals surface area contributed by atoms with Crippen molar-refractivity contribution in [2.45, 2.75) is 93.4 Å². The Morgan fingerprint density at radius 3 is 1.73 bits per heavy atom. The Kier molecular flexibility index (Phi) is 15.0. The summed E-state index contributed by atoms with van der Waals surface area (Å²) in [6, 6.07) is 46.6. The highest BCUT2D eigenvalue weighted by atomic mass is 28.4. The van der Waals surface area contributed by atoms with E-state index in [2.05, 4.69) is 20.8 Å². The van der Waals surface area contributed by atoms with Crippen molar-refractivity contribution in [1.82, 2.24) is 4.90 Å². The van der Waals surface area contributed by atoms with Crippen molar-refractivity contribution in [3.05, 3.63) is 186 Å². The van der Waals surface area contributed by atoms with Gasteiger partial charge in [-0.2, -0.15) is 0 Å². The molecule has 6 aromatic carbocycles. The molecule has 0 saturated carbocycles. The Labute approximate surface area is 435 Å². The average Bonchev–Trinajstić information content (AvgIpc) is 3.68. The summed E-state index contributed by atoms with van der Waals surface area (Å²) < 4.78 is 64.0. The zero-order valence-electron chi connectivity index (χ0n) is 42.0. The van der Waals surface area contributed by atoms with Crippen molar-refractivity contribution in [1.29, 1.82) is 0 Å². The molecule has 0 radical (unpaired) electrons. The first kappa shape index (κ1) is 51.7. The van der Waals surface area contributed by atoms with Crippen molar-refractivity contribution < 1.29 is 71.7 Å². The third kappa shape index (κ3) is 10.1. The summed E-state index contributed by atoms with van der Waals surface area (Å²) in [6.45, 7) is 6.00. The molecule has 4 heterocycles. The highest BCUT2D eigenvalue weighted by Gasteiger charge is 2.59. The molecule has 390 valence electrons. The van der Waals surface area contributed by atoms with Gasteiger partial charge in [-0.25, -0.2) is 4.79 Å². The molecule has 1 unspecified atom stereocenters. The first-order valence-corrected chi connectivity index (χ1v) is 26.7. The number of benzene rings is 6. The summed E-state index contributed by atoms with van der Waals surface area (Å²) in [5.41, 5.74) is 1.09. The van der Waals surface area contributed by atoms with Crippen LogP contribution >= 0.6 is 0 Å². The topological polar surface area (TPSA) is 187 Å². The third-order valence-electron chi connectivity index (χ3n) is 14.2. The van der Waals surface area contributed by atoms with Crippen LogP contribution in [0.4, 0.5) is 0 Å². The molecular formula is C58H59NO15Si. The maximum absolute atomic E-state index is 14.5. The molecule has 16 nitrogen and oxygen atoms in total. The molecule has 0 aromatic heterocycles. The van der Waals surface area contributed by atoms with E-state index in [1.165, 1.54) is 19.2 Å². The summed E-state index contributed by atoms with van der Waals surface area (Å²) in [7, 11) is -0.272. The number of aliphatic hydroxyl groups is 2. The largest absolute Gasteiger partial charge is 0.497 e. The Morgan fingerprint density at radius 2 is 1.17 bits per heavy atom. The van der Waals surface area contributed by atoms with Crippen LogP contribution in [0.5, 0.6) is 17.2 Å². The number of rotatable bonds is 15. The quantitative estimate of drug-likeness (QED) is 0.0670. The highest BCUT2D eigenvalue weighted by Crippen LogP contribution is 2.42. The van der Waals surface area contributed by atoms with Gasteiger partial charge in [-0.15, -0.1) is 0 Å². The number of imide groups is 1. The van der Waals surface area contributed by atoms with Crippen LogP contribution in [-0.4, -0.2) is 130 Å². The molecule has 2 amide bonds. The van der Waals surface area contributed by atoms with Crippen LogP contribution in [0.1, 0.15) is 63.7 Å². The monoisotopic (exact) mass is 1040 g/mol. The van der Waals surface area contributed by atoms with Crippen LogP contribution in [0.3, 0.4) is 0 Å². The molecule has 3 saturated heterocycles. The number of aliphatic hydroxyl groups excluding tert-OH is 2. The molecule has 0 bridgehead atoms. The average molecular weight is 1040 g/mol. The Morgan fingerprint density at radius 1 is 0.640 bits per heavy atom. The van der Waals surface area contributed by atoms with Crippen LogP contribution in [0.2, 0.25) is 5.04 Å². The second-order valence-corrected chi connectivity index (χ2v) is 24.0. The van der Waals surface area contributed by atoms with Gasteiger partial charge in [0.25, 0.3) is 20.1 Å². The van der Waals surface area contributed by atoms with Gasteiger partial charge in [0.05, 0.1) is 44.1 Å². The molecule has 4 aliphatic heterocycles. The molecule has 6 aromatic rings. The first-order chi connectivity index (χ1) is 36.3. The number of hydrogen-bond acceptors (Lipinski definition) is 15. The minimum absolute atomic E-state index is 0.104. The number of nitrogens with zero attached hydrogens (tertiary/aromatic N) is 1. The van der Waals surface area contributed by atoms with E-state index in [9.17, 15) is 24.6 Å². The minimum Gasteiger partial charge on any atom is -0.497 e. The molecule has 10 rings (SSSR count). The standard InChI is InChI=1S/C58H59NO15Si/c1-58(2,3)75(40-19-11-7-12-20-40,41-21-13-8-14-22-41)68-34-45-49(47(60)46(56(70-45)69-39-31-29-38(66-5)30-32-39)59-52(62)42-23-15-16-24-43(42)53(59)63)73-57-48(61)51(72-54(64)35-17-9-6-10-18-35)50-44(71-57)33-67-55(74-50)36-25-27-37(65-4)28-26-36/h6-32,44-51,55-57,60-61H,33-34H2,1-5H3/t44-,45-,46-,47-,48-,49-,50+,51-,55?,56-,57+/m1/s1. The van der Waals surface area contributed by atoms with E-state index in [1.807, 2.05) is 60.7 Å². The SMILES string of the molecule is COc1ccc(O[C@@H]2O[C@H](CO[Si](c3ccccc3)(c3ccccc3)C(C)(C)C)[C@@H](O[C@@H]3O[C@@H]4COC(c5ccc(OC)cc5)O[C@@H]4[C@H](OC(=O)c4ccccc4)[C@H]3O)[C@H](O)[C@H]2N2C(=O)c3ccccc3C2=O)cc1. The van der Waals surface area contributed by atoms with Gasteiger partial charge in [-0.3, -0.25) is 14.5 Å². The number of methoxy groups -OCH3 is 2. The summed E-state index contributed by atoms with van der Waals surface area (Å²) in [5.74, 6) is -0.714. The molecule has 2 N–H and O–H groups in total. The van der Waals surface area contributed by atoms with Crippen LogP contribution in [0.25, 0.3) is 0 Å². The Bertz CT molecular complexity index is 2850. The van der Waals surface area contributed by atoms with Gasteiger partial charge in [0, 0.05) is 5.56 Å². The van der Waals surface area contributed by atoms with E-state index in [1.54, 1.807) is 98.1 Å². The van der Waals surface area contributed by atoms with E-state index in [-0.39, 0.29) is 35.7 Å². The van der Waals surface area contributed by atoms with Gasteiger partial charge < -0.3 is 57.3 Å². The van der Waals surface area contributed by atoms with E-state index in [0.717, 1.165) is 15.3 Å². The molecule has 75 heavy (non-hydrogen) atoms. The fourth-order valence-electron chi connectivity index (χ4n) is 10.5. The van der Waals surface area contributed by atoms with E-state index in [4.69, 9.17) is 47.1 Å². The number of carbonyl (C=O) groups excluding carboxylic acids is 3. The number of esters is 1. The number of amides is 2. The lowest BCUT2D eigenvalue weighted by Crippen LogP contribution is -2.71. The Hall–Kier alpha value is -6.77. The van der Waals surface area contributed by atoms with Gasteiger partial charge in [0.15, 0.2) is 18.7 Å². The second-order valence-electron chi connectivity index (χ2n) is 19.7. The normalized spacial score (nSPS) is 26.7. The number of hydrogen-bond donors (Lipinski definition) is 2.